The molecule has 7 nitrogen and oxygen atoms in total. The molecule has 1 spiro atoms. The molecule has 1 aromatic carbocycles. The molecular formula is C27H38FN3O4. The minimum absolute atomic E-state index is 0.0421. The highest BCUT2D eigenvalue weighted by Crippen LogP contribution is 2.60. The summed E-state index contributed by atoms with van der Waals surface area (Å²) in [5.41, 5.74) is 0.114. The van der Waals surface area contributed by atoms with Crippen molar-refractivity contribution in [1.29, 1.82) is 0 Å². The van der Waals surface area contributed by atoms with Crippen molar-refractivity contribution < 1.29 is 24.1 Å². The van der Waals surface area contributed by atoms with Crippen molar-refractivity contribution >= 4 is 5.91 Å². The summed E-state index contributed by atoms with van der Waals surface area (Å²) in [7, 11) is 0. The third-order valence-corrected chi connectivity index (χ3v) is 9.67. The van der Waals surface area contributed by atoms with Gasteiger partial charge < -0.3 is 19.8 Å². The van der Waals surface area contributed by atoms with Crippen molar-refractivity contribution in [2.24, 2.45) is 5.92 Å². The summed E-state index contributed by atoms with van der Waals surface area (Å²) in [6.45, 7) is 7.90. The second kappa shape index (κ2) is 8.32. The van der Waals surface area contributed by atoms with Gasteiger partial charge in [-0.25, -0.2) is 4.39 Å². The monoisotopic (exact) mass is 487 g/mol. The van der Waals surface area contributed by atoms with Gasteiger partial charge in [0.05, 0.1) is 24.1 Å². The molecule has 4 unspecified atom stereocenters. The Morgan fingerprint density at radius 2 is 1.97 bits per heavy atom. The number of amides is 1. The Morgan fingerprint density at radius 3 is 2.69 bits per heavy atom. The molecule has 3 saturated heterocycles. The highest BCUT2D eigenvalue weighted by Gasteiger charge is 2.68. The number of ether oxygens (including phenoxy) is 1. The number of hydrogen-bond donors (Lipinski definition) is 2. The predicted octanol–water partition coefficient (Wildman–Crippen LogP) is 2.21. The fourth-order valence-electron chi connectivity index (χ4n) is 7.48. The summed E-state index contributed by atoms with van der Waals surface area (Å²) in [6, 6.07) is 3.46. The minimum Gasteiger partial charge on any atom is -0.504 e. The number of aliphatic hydroxyl groups is 1. The number of rotatable bonds is 4. The van der Waals surface area contributed by atoms with Crippen LogP contribution in [-0.2, 0) is 10.2 Å². The van der Waals surface area contributed by atoms with Gasteiger partial charge in [-0.2, -0.15) is 0 Å². The van der Waals surface area contributed by atoms with E-state index < -0.39 is 23.3 Å². The molecule has 4 aliphatic heterocycles. The molecule has 35 heavy (non-hydrogen) atoms. The number of carbonyl (C=O) groups is 1. The van der Waals surface area contributed by atoms with E-state index in [2.05, 4.69) is 11.8 Å². The third-order valence-electron chi connectivity index (χ3n) is 9.67. The molecule has 4 fully saturated rings. The van der Waals surface area contributed by atoms with E-state index in [0.29, 0.717) is 50.7 Å². The second-order valence-corrected chi connectivity index (χ2v) is 11.7. The summed E-state index contributed by atoms with van der Waals surface area (Å²) in [5.74, 6) is 1.23. The number of halogens is 1. The van der Waals surface area contributed by atoms with Crippen LogP contribution in [0.1, 0.15) is 50.2 Å². The van der Waals surface area contributed by atoms with E-state index in [1.807, 2.05) is 22.8 Å². The molecule has 1 aromatic rings. The number of aryl methyl sites for hydroxylation is 1. The van der Waals surface area contributed by atoms with E-state index >= 15 is 0 Å². The van der Waals surface area contributed by atoms with Gasteiger partial charge in [0.2, 0.25) is 5.91 Å². The van der Waals surface area contributed by atoms with Gasteiger partial charge in [-0.05, 0) is 70.0 Å². The molecule has 4 heterocycles. The Bertz CT molecular complexity index is 1020. The van der Waals surface area contributed by atoms with E-state index in [1.165, 1.54) is 12.8 Å². The molecule has 2 N–H and O–H groups in total. The number of hydrogen-bond acceptors (Lipinski definition) is 6. The first-order valence-electron chi connectivity index (χ1n) is 13.3. The lowest BCUT2D eigenvalue weighted by Gasteiger charge is -2.57. The first kappa shape index (κ1) is 23.5. The average Bonchev–Trinajstić information content (AvgIpc) is 3.48. The maximum absolute atomic E-state index is 13.7. The molecule has 0 aromatic heterocycles. The van der Waals surface area contributed by atoms with Gasteiger partial charge in [0.1, 0.15) is 12.3 Å². The zero-order chi connectivity index (χ0) is 24.5. The number of piperidine rings is 1. The quantitative estimate of drug-likeness (QED) is 0.678. The van der Waals surface area contributed by atoms with Crippen LogP contribution in [0.25, 0.3) is 0 Å². The van der Waals surface area contributed by atoms with Gasteiger partial charge in [-0.15, -0.1) is 0 Å². The van der Waals surface area contributed by atoms with Crippen LogP contribution in [-0.4, -0.2) is 101 Å². The number of aromatic hydroxyl groups is 1. The van der Waals surface area contributed by atoms with Crippen LogP contribution < -0.4 is 4.74 Å². The van der Waals surface area contributed by atoms with E-state index in [9.17, 15) is 19.4 Å². The van der Waals surface area contributed by atoms with Crippen LogP contribution in [0.3, 0.4) is 0 Å². The molecule has 1 amide bonds. The highest BCUT2D eigenvalue weighted by atomic mass is 19.1. The van der Waals surface area contributed by atoms with Crippen LogP contribution >= 0.6 is 0 Å². The third kappa shape index (κ3) is 3.58. The maximum atomic E-state index is 13.7. The fraction of sp³-hybridized carbons (Fsp3) is 0.741. The van der Waals surface area contributed by atoms with Gasteiger partial charge >= 0.3 is 0 Å². The van der Waals surface area contributed by atoms with E-state index in [-0.39, 0.29) is 24.2 Å². The number of alkyl halides is 1. The summed E-state index contributed by atoms with van der Waals surface area (Å²) in [5, 5.41) is 23.4. The Morgan fingerprint density at radius 1 is 1.17 bits per heavy atom. The standard InChI is InChI=1S/C27H38FN3O4/c1-17-3-6-21(32)25-24(17)26-8-11-30(13-19-4-5-19)18(2)27(26,34)9-12-31(15-22(26)35-25)23(33)16-29-10-7-20(28)14-29/h3,6,18-20,22,32,34H,4-5,7-16H2,1-2H3/t18?,20?,22-,26?,27?/m0/s1. The number of benzene rings is 1. The van der Waals surface area contributed by atoms with Gasteiger partial charge in [0.15, 0.2) is 11.5 Å². The average molecular weight is 488 g/mol. The van der Waals surface area contributed by atoms with Crippen LogP contribution in [0, 0.1) is 12.8 Å². The van der Waals surface area contributed by atoms with Gasteiger partial charge in [0, 0.05) is 37.8 Å². The molecule has 5 aliphatic rings. The number of phenolic OH excluding ortho intramolecular Hbond substituents is 1. The molecule has 192 valence electrons. The van der Waals surface area contributed by atoms with Gasteiger partial charge in [-0.1, -0.05) is 6.07 Å². The van der Waals surface area contributed by atoms with Crippen molar-refractivity contribution in [3.63, 3.8) is 0 Å². The van der Waals surface area contributed by atoms with Crippen molar-refractivity contribution in [2.45, 2.75) is 75.3 Å². The summed E-state index contributed by atoms with van der Waals surface area (Å²) < 4.78 is 20.2. The molecular weight excluding hydrogens is 449 g/mol. The van der Waals surface area contributed by atoms with E-state index in [1.54, 1.807) is 6.07 Å². The Kier molecular flexibility index (Phi) is 5.58. The second-order valence-electron chi connectivity index (χ2n) is 11.7. The van der Waals surface area contributed by atoms with Crippen LogP contribution in [0.2, 0.25) is 0 Å². The lowest BCUT2D eigenvalue weighted by Crippen LogP contribution is -2.70. The van der Waals surface area contributed by atoms with Gasteiger partial charge in [0.25, 0.3) is 0 Å². The Hall–Kier alpha value is -1.90. The summed E-state index contributed by atoms with van der Waals surface area (Å²) >= 11 is 0. The van der Waals surface area contributed by atoms with Crippen molar-refractivity contribution in [2.75, 3.05) is 45.8 Å². The molecule has 0 radical (unpaired) electrons. The van der Waals surface area contributed by atoms with Gasteiger partial charge in [-0.3, -0.25) is 14.6 Å². The zero-order valence-electron chi connectivity index (χ0n) is 20.9. The lowest BCUT2D eigenvalue weighted by molar-refractivity contribution is -0.151. The summed E-state index contributed by atoms with van der Waals surface area (Å²) in [4.78, 5) is 19.5. The Balaban J connectivity index is 1.37. The SMILES string of the molecule is Cc1ccc(O)c2c1C13CCN(CC4CC4)C(C)C1(O)CCN(C(=O)CN1CCC(F)C1)C[C@@H]3O2. The first-order chi connectivity index (χ1) is 16.7. The smallest absolute Gasteiger partial charge is 0.236 e. The normalized spacial score (nSPS) is 37.4. The number of nitrogens with zero attached hydrogens (tertiary/aromatic N) is 3. The van der Waals surface area contributed by atoms with Crippen LogP contribution in [0.4, 0.5) is 4.39 Å². The van der Waals surface area contributed by atoms with Crippen LogP contribution in [0.15, 0.2) is 12.1 Å². The number of fused-ring (bicyclic) bond motifs is 1. The van der Waals surface area contributed by atoms with Crippen molar-refractivity contribution in [1.82, 2.24) is 14.7 Å². The van der Waals surface area contributed by atoms with E-state index in [0.717, 1.165) is 30.6 Å². The van der Waals surface area contributed by atoms with Crippen molar-refractivity contribution in [3.8, 4) is 11.5 Å². The molecule has 5 atom stereocenters. The predicted molar refractivity (Wildman–Crippen MR) is 129 cm³/mol. The van der Waals surface area contributed by atoms with E-state index in [4.69, 9.17) is 4.74 Å². The van der Waals surface area contributed by atoms with Crippen molar-refractivity contribution in [3.05, 3.63) is 23.3 Å². The van der Waals surface area contributed by atoms with Crippen LogP contribution in [0.5, 0.6) is 11.5 Å². The highest BCUT2D eigenvalue weighted by molar-refractivity contribution is 5.78. The minimum atomic E-state index is -1.11. The zero-order valence-corrected chi connectivity index (χ0v) is 20.9. The summed E-state index contributed by atoms with van der Waals surface area (Å²) in [6.07, 6.45) is 2.85. The fourth-order valence-corrected chi connectivity index (χ4v) is 7.48. The lowest BCUT2D eigenvalue weighted by atomic mass is 9.56. The number of likely N-dealkylation sites (tertiary alicyclic amines) is 3. The molecule has 0 bridgehead atoms. The molecule has 1 aliphatic carbocycles. The topological polar surface area (TPSA) is 76.5 Å². The molecule has 8 heteroatoms. The maximum Gasteiger partial charge on any atom is 0.236 e. The Labute approximate surface area is 206 Å². The molecule has 1 saturated carbocycles. The number of carbonyl (C=O) groups excluding carboxylic acids is 1. The molecule has 6 rings (SSSR count). The number of phenols is 1. The largest absolute Gasteiger partial charge is 0.504 e. The first-order valence-corrected chi connectivity index (χ1v) is 13.3.